The van der Waals surface area contributed by atoms with E-state index in [9.17, 15) is 14.7 Å². The molecule has 0 aliphatic heterocycles. The molecular formula is C33H51NO3. The summed E-state index contributed by atoms with van der Waals surface area (Å²) < 4.78 is 0. The fourth-order valence-electron chi connectivity index (χ4n) is 11.0. The standard InChI is InChI=1S/C33H51NO3/c1-28(2)24-10-13-33(7)26(31(24,5)12-11-25(28)36)23(35)18-21-22-19-30(4,27(37)34-20-8-9-20)15-14-29(22,3)16-17-32(21,33)6/h18,20,22,24-26,36H,8-17,19H2,1-7H3,(H,34,37)/t22-,24?,25-,26+,29+,30-,31-,32+,33+/m0/s1. The van der Waals surface area contributed by atoms with E-state index in [1.807, 2.05) is 0 Å². The van der Waals surface area contributed by atoms with Crippen molar-refractivity contribution in [3.05, 3.63) is 11.6 Å². The Balaban J connectivity index is 1.40. The molecular weight excluding hydrogens is 458 g/mol. The van der Waals surface area contributed by atoms with Gasteiger partial charge in [-0.2, -0.15) is 0 Å². The van der Waals surface area contributed by atoms with Crippen LogP contribution in [0.2, 0.25) is 0 Å². The molecule has 0 heterocycles. The van der Waals surface area contributed by atoms with Gasteiger partial charge in [0.15, 0.2) is 5.78 Å². The van der Waals surface area contributed by atoms with Crippen LogP contribution < -0.4 is 5.32 Å². The number of aliphatic hydroxyl groups is 1. The van der Waals surface area contributed by atoms with Crippen molar-refractivity contribution in [3.8, 4) is 0 Å². The lowest BCUT2D eigenvalue weighted by Crippen LogP contribution is -2.66. The molecule has 0 radical (unpaired) electrons. The average Bonchev–Trinajstić information content (AvgIpc) is 3.63. The highest BCUT2D eigenvalue weighted by molar-refractivity contribution is 5.95. The molecule has 0 spiro atoms. The van der Waals surface area contributed by atoms with E-state index in [0.29, 0.717) is 23.7 Å². The summed E-state index contributed by atoms with van der Waals surface area (Å²) in [5.74, 6) is 1.26. The molecule has 0 aromatic rings. The molecule has 2 N–H and O–H groups in total. The van der Waals surface area contributed by atoms with E-state index in [2.05, 4.69) is 59.9 Å². The van der Waals surface area contributed by atoms with Crippen LogP contribution in [-0.4, -0.2) is 28.9 Å². The molecule has 0 aromatic heterocycles. The van der Waals surface area contributed by atoms with E-state index in [4.69, 9.17) is 0 Å². The van der Waals surface area contributed by atoms with Crippen LogP contribution in [0.5, 0.6) is 0 Å². The highest BCUT2D eigenvalue weighted by atomic mass is 16.3. The monoisotopic (exact) mass is 509 g/mol. The third-order valence-corrected chi connectivity index (χ3v) is 14.0. The molecule has 1 amide bonds. The summed E-state index contributed by atoms with van der Waals surface area (Å²) in [5.41, 5.74) is 0.867. The SMILES string of the molecule is CC1(C)C2CC[C@]3(C)[C@H](C(=O)C=C4[C@@H]5C[C@@](C)(C(=O)NC6CC6)CC[C@]5(C)CC[C@]43C)[C@@]2(C)CC[C@@H]1O. The molecule has 0 aromatic carbocycles. The number of amides is 1. The molecule has 4 nitrogen and oxygen atoms in total. The third-order valence-electron chi connectivity index (χ3n) is 14.0. The number of carbonyl (C=O) groups excluding carboxylic acids is 2. The van der Waals surface area contributed by atoms with Crippen molar-refractivity contribution in [2.45, 2.75) is 131 Å². The molecule has 6 aliphatic rings. The normalized spacial score (nSPS) is 52.6. The number of allylic oxidation sites excluding steroid dienone is 2. The quantitative estimate of drug-likeness (QED) is 0.440. The number of ketones is 1. The molecule has 5 fully saturated rings. The number of hydrogen-bond donors (Lipinski definition) is 2. The second-order valence-electron chi connectivity index (χ2n) is 16.4. The van der Waals surface area contributed by atoms with Crippen LogP contribution in [0.1, 0.15) is 119 Å². The number of rotatable bonds is 2. The summed E-state index contributed by atoms with van der Waals surface area (Å²) in [4.78, 5) is 27.8. The van der Waals surface area contributed by atoms with Gasteiger partial charge in [-0.3, -0.25) is 9.59 Å². The predicted octanol–water partition coefficient (Wildman–Crippen LogP) is 6.61. The summed E-state index contributed by atoms with van der Waals surface area (Å²) >= 11 is 0. The van der Waals surface area contributed by atoms with Crippen LogP contribution in [0.15, 0.2) is 11.6 Å². The number of aliphatic hydroxyl groups excluding tert-OH is 1. The first-order valence-electron chi connectivity index (χ1n) is 15.4. The van der Waals surface area contributed by atoms with Gasteiger partial charge >= 0.3 is 0 Å². The van der Waals surface area contributed by atoms with Crippen LogP contribution in [0.4, 0.5) is 0 Å². The smallest absolute Gasteiger partial charge is 0.226 e. The van der Waals surface area contributed by atoms with E-state index in [0.717, 1.165) is 64.2 Å². The topological polar surface area (TPSA) is 66.4 Å². The van der Waals surface area contributed by atoms with Crippen LogP contribution in [-0.2, 0) is 9.59 Å². The first-order valence-corrected chi connectivity index (χ1v) is 15.4. The summed E-state index contributed by atoms with van der Waals surface area (Å²) in [6, 6.07) is 0.388. The van der Waals surface area contributed by atoms with Crippen molar-refractivity contribution in [2.75, 3.05) is 0 Å². The molecule has 206 valence electrons. The van der Waals surface area contributed by atoms with E-state index in [1.165, 1.54) is 12.0 Å². The zero-order valence-electron chi connectivity index (χ0n) is 24.5. The second-order valence-corrected chi connectivity index (χ2v) is 16.4. The van der Waals surface area contributed by atoms with Gasteiger partial charge in [-0.05, 0) is 116 Å². The van der Waals surface area contributed by atoms with Crippen LogP contribution in [0, 0.1) is 50.2 Å². The highest BCUT2D eigenvalue weighted by Gasteiger charge is 2.70. The summed E-state index contributed by atoms with van der Waals surface area (Å²) in [7, 11) is 0. The van der Waals surface area contributed by atoms with Crippen molar-refractivity contribution in [3.63, 3.8) is 0 Å². The Kier molecular flexibility index (Phi) is 5.45. The molecule has 6 rings (SSSR count). The summed E-state index contributed by atoms with van der Waals surface area (Å²) in [6.07, 6.45) is 13.2. The average molecular weight is 510 g/mol. The Morgan fingerprint density at radius 2 is 1.57 bits per heavy atom. The fraction of sp³-hybridized carbons (Fsp3) is 0.879. The van der Waals surface area contributed by atoms with Gasteiger partial charge in [0.25, 0.3) is 0 Å². The number of hydrogen-bond acceptors (Lipinski definition) is 3. The molecule has 4 heteroatoms. The lowest BCUT2D eigenvalue weighted by atomic mass is 9.33. The predicted molar refractivity (Wildman–Crippen MR) is 147 cm³/mol. The first-order chi connectivity index (χ1) is 17.1. The summed E-state index contributed by atoms with van der Waals surface area (Å²) in [5, 5.41) is 14.3. The van der Waals surface area contributed by atoms with E-state index >= 15 is 0 Å². The maximum absolute atomic E-state index is 14.4. The molecule has 6 aliphatic carbocycles. The minimum absolute atomic E-state index is 0.0109. The van der Waals surface area contributed by atoms with Gasteiger partial charge in [-0.1, -0.05) is 54.0 Å². The molecule has 1 unspecified atom stereocenters. The molecule has 37 heavy (non-hydrogen) atoms. The Morgan fingerprint density at radius 3 is 2.24 bits per heavy atom. The molecule has 5 saturated carbocycles. The van der Waals surface area contributed by atoms with Gasteiger partial charge in [0, 0.05) is 17.4 Å². The largest absolute Gasteiger partial charge is 0.393 e. The van der Waals surface area contributed by atoms with Gasteiger partial charge in [0.1, 0.15) is 0 Å². The summed E-state index contributed by atoms with van der Waals surface area (Å²) in [6.45, 7) is 16.4. The van der Waals surface area contributed by atoms with Gasteiger partial charge in [-0.25, -0.2) is 0 Å². The molecule has 0 saturated heterocycles. The molecule has 9 atom stereocenters. The third kappa shape index (κ3) is 3.35. The number of carbonyl (C=O) groups is 2. The van der Waals surface area contributed by atoms with E-state index in [-0.39, 0.29) is 50.4 Å². The number of fused-ring (bicyclic) bond motifs is 7. The van der Waals surface area contributed by atoms with Gasteiger partial charge < -0.3 is 10.4 Å². The minimum Gasteiger partial charge on any atom is -0.393 e. The van der Waals surface area contributed by atoms with Crippen LogP contribution in [0.25, 0.3) is 0 Å². The number of nitrogens with one attached hydrogen (secondary N) is 1. The first kappa shape index (κ1) is 26.1. The minimum atomic E-state index is -0.347. The van der Waals surface area contributed by atoms with Crippen molar-refractivity contribution < 1.29 is 14.7 Å². The van der Waals surface area contributed by atoms with Crippen molar-refractivity contribution in [2.24, 2.45) is 50.2 Å². The zero-order valence-corrected chi connectivity index (χ0v) is 24.5. The maximum atomic E-state index is 14.4. The van der Waals surface area contributed by atoms with Crippen LogP contribution >= 0.6 is 0 Å². The Hall–Kier alpha value is -1.16. The fourth-order valence-corrected chi connectivity index (χ4v) is 11.0. The van der Waals surface area contributed by atoms with Crippen molar-refractivity contribution in [1.29, 1.82) is 0 Å². The highest BCUT2D eigenvalue weighted by Crippen LogP contribution is 2.75. The zero-order chi connectivity index (χ0) is 26.8. The maximum Gasteiger partial charge on any atom is 0.226 e. The van der Waals surface area contributed by atoms with Gasteiger partial charge in [0.05, 0.1) is 6.10 Å². The van der Waals surface area contributed by atoms with Gasteiger partial charge in [-0.15, -0.1) is 0 Å². The Bertz CT molecular complexity index is 1060. The Morgan fingerprint density at radius 1 is 0.892 bits per heavy atom. The van der Waals surface area contributed by atoms with Crippen molar-refractivity contribution >= 4 is 11.7 Å². The van der Waals surface area contributed by atoms with Crippen molar-refractivity contribution in [1.82, 2.24) is 5.32 Å². The van der Waals surface area contributed by atoms with Gasteiger partial charge in [0.2, 0.25) is 5.91 Å². The Labute approximate surface area is 224 Å². The lowest BCUT2D eigenvalue weighted by molar-refractivity contribution is -0.202. The van der Waals surface area contributed by atoms with Crippen LogP contribution in [0.3, 0.4) is 0 Å². The lowest BCUT2D eigenvalue weighted by Gasteiger charge is -2.70. The van der Waals surface area contributed by atoms with E-state index in [1.54, 1.807) is 0 Å². The second kappa shape index (κ2) is 7.73. The van der Waals surface area contributed by atoms with E-state index < -0.39 is 0 Å². The molecule has 0 bridgehead atoms.